The summed E-state index contributed by atoms with van der Waals surface area (Å²) in [6.07, 6.45) is 0. The number of nitrogens with zero attached hydrogens (tertiary/aromatic N) is 1. The summed E-state index contributed by atoms with van der Waals surface area (Å²) in [6.45, 7) is 1.81. The van der Waals surface area contributed by atoms with Gasteiger partial charge in [0.05, 0.1) is 6.07 Å². The van der Waals surface area contributed by atoms with Crippen LogP contribution in [0.4, 0.5) is 10.1 Å². The van der Waals surface area contributed by atoms with Gasteiger partial charge in [0.1, 0.15) is 10.7 Å². The molecule has 25 heavy (non-hydrogen) atoms. The third-order valence-electron chi connectivity index (χ3n) is 3.25. The van der Waals surface area contributed by atoms with Crippen molar-refractivity contribution in [3.63, 3.8) is 0 Å². The third kappa shape index (κ3) is 4.66. The fourth-order valence-electron chi connectivity index (χ4n) is 1.93. The Hall–Kier alpha value is -2.69. The molecule has 0 aromatic heterocycles. The molecular formula is C17H13ClFN3O2S. The Balaban J connectivity index is 2.18. The number of ether oxygens (including phenoxy) is 1. The second-order valence-corrected chi connectivity index (χ2v) is 5.99. The number of halogens is 2. The monoisotopic (exact) mass is 377 g/mol. The number of rotatable bonds is 5. The Morgan fingerprint density at radius 2 is 2.08 bits per heavy atom. The predicted molar refractivity (Wildman–Crippen MR) is 97.2 cm³/mol. The summed E-state index contributed by atoms with van der Waals surface area (Å²) in [6, 6.07) is 10.8. The molecule has 3 N–H and O–H groups in total. The minimum Gasteiger partial charge on any atom is -0.454 e. The zero-order chi connectivity index (χ0) is 18.6. The molecule has 0 saturated heterocycles. The third-order valence-corrected chi connectivity index (χ3v) is 3.82. The summed E-state index contributed by atoms with van der Waals surface area (Å²) in [5.74, 6) is -2.39. The fourth-order valence-corrected chi connectivity index (χ4v) is 2.38. The maximum Gasteiger partial charge on any atom is 0.241 e. The lowest BCUT2D eigenvalue weighted by atomic mass is 10.1. The lowest BCUT2D eigenvalue weighted by Gasteiger charge is -2.13. The van der Waals surface area contributed by atoms with Gasteiger partial charge in [0, 0.05) is 16.8 Å². The van der Waals surface area contributed by atoms with Crippen molar-refractivity contribution in [2.45, 2.75) is 6.92 Å². The van der Waals surface area contributed by atoms with Crippen LogP contribution < -0.4 is 15.8 Å². The number of carbonyl (C=O) groups is 1. The summed E-state index contributed by atoms with van der Waals surface area (Å²) >= 11 is 10.9. The standard InChI is InChI=1S/C17H13ClFN3O2S/c1-9-2-3-10(18)6-15(9)24-14-5-4-11(7-13(14)19)22-17(25)12(8-20)16(21)23/h2-7,12H,1H3,(H2,21,23)(H,22,25). The first kappa shape index (κ1) is 18.6. The largest absolute Gasteiger partial charge is 0.454 e. The smallest absolute Gasteiger partial charge is 0.241 e. The number of anilines is 1. The number of nitrogens with two attached hydrogens (primary N) is 1. The molecule has 2 aromatic rings. The topological polar surface area (TPSA) is 88.1 Å². The SMILES string of the molecule is Cc1ccc(Cl)cc1Oc1ccc(NC(=S)C(C#N)C(N)=O)cc1F. The quantitative estimate of drug-likeness (QED) is 0.770. The van der Waals surface area contributed by atoms with Crippen LogP contribution in [-0.2, 0) is 4.79 Å². The number of benzene rings is 2. The Morgan fingerprint density at radius 1 is 1.36 bits per heavy atom. The summed E-state index contributed by atoms with van der Waals surface area (Å²) in [5.41, 5.74) is 6.13. The van der Waals surface area contributed by atoms with Crippen molar-refractivity contribution in [1.82, 2.24) is 0 Å². The summed E-state index contributed by atoms with van der Waals surface area (Å²) in [7, 11) is 0. The molecule has 0 aliphatic carbocycles. The highest BCUT2D eigenvalue weighted by Crippen LogP contribution is 2.30. The zero-order valence-corrected chi connectivity index (χ0v) is 14.6. The molecule has 0 saturated carbocycles. The minimum atomic E-state index is -1.29. The van der Waals surface area contributed by atoms with E-state index in [0.717, 1.165) is 11.6 Å². The molecule has 1 amide bonds. The van der Waals surface area contributed by atoms with Gasteiger partial charge in [-0.25, -0.2) is 4.39 Å². The van der Waals surface area contributed by atoms with Gasteiger partial charge in [-0.05, 0) is 36.8 Å². The van der Waals surface area contributed by atoms with Gasteiger partial charge in [0.25, 0.3) is 0 Å². The highest BCUT2D eigenvalue weighted by atomic mass is 35.5. The Labute approximate surface area is 154 Å². The van der Waals surface area contributed by atoms with Crippen molar-refractivity contribution in [1.29, 1.82) is 5.26 Å². The molecule has 0 aliphatic heterocycles. The lowest BCUT2D eigenvalue weighted by molar-refractivity contribution is -0.118. The molecule has 128 valence electrons. The van der Waals surface area contributed by atoms with Crippen molar-refractivity contribution in [2.75, 3.05) is 5.32 Å². The second kappa shape index (κ2) is 7.92. The van der Waals surface area contributed by atoms with Crippen LogP contribution in [-0.4, -0.2) is 10.9 Å². The van der Waals surface area contributed by atoms with E-state index >= 15 is 0 Å². The van der Waals surface area contributed by atoms with Gasteiger partial charge in [-0.2, -0.15) is 5.26 Å². The average Bonchev–Trinajstić information content (AvgIpc) is 2.53. The van der Waals surface area contributed by atoms with Gasteiger partial charge in [0.2, 0.25) is 5.91 Å². The highest BCUT2D eigenvalue weighted by molar-refractivity contribution is 7.80. The molecule has 0 fully saturated rings. The highest BCUT2D eigenvalue weighted by Gasteiger charge is 2.20. The van der Waals surface area contributed by atoms with Crippen LogP contribution in [0.2, 0.25) is 5.02 Å². The molecule has 0 aliphatic rings. The second-order valence-electron chi connectivity index (χ2n) is 5.11. The van der Waals surface area contributed by atoms with Gasteiger partial charge in [0.15, 0.2) is 17.5 Å². The molecule has 2 aromatic carbocycles. The van der Waals surface area contributed by atoms with Gasteiger partial charge >= 0.3 is 0 Å². The van der Waals surface area contributed by atoms with Crippen LogP contribution in [0.5, 0.6) is 11.5 Å². The van der Waals surface area contributed by atoms with Gasteiger partial charge in [-0.3, -0.25) is 4.79 Å². The van der Waals surface area contributed by atoms with E-state index in [4.69, 9.17) is 39.6 Å². The number of amides is 1. The fraction of sp³-hybridized carbons (Fsp3) is 0.118. The minimum absolute atomic E-state index is 0.00595. The molecule has 0 bridgehead atoms. The number of aryl methyl sites for hydroxylation is 1. The molecule has 1 atom stereocenters. The van der Waals surface area contributed by atoms with Gasteiger partial charge in [-0.15, -0.1) is 0 Å². The van der Waals surface area contributed by atoms with E-state index in [1.807, 2.05) is 6.92 Å². The van der Waals surface area contributed by atoms with Crippen molar-refractivity contribution in [2.24, 2.45) is 11.7 Å². The Kier molecular flexibility index (Phi) is 5.91. The summed E-state index contributed by atoms with van der Waals surface area (Å²) in [5, 5.41) is 12.0. The number of primary amides is 1. The maximum absolute atomic E-state index is 14.3. The molecule has 5 nitrogen and oxygen atoms in total. The van der Waals surface area contributed by atoms with Crippen molar-refractivity contribution in [3.05, 3.63) is 52.8 Å². The van der Waals surface area contributed by atoms with Crippen LogP contribution in [0.15, 0.2) is 36.4 Å². The van der Waals surface area contributed by atoms with Crippen LogP contribution >= 0.6 is 23.8 Å². The first-order valence-corrected chi connectivity index (χ1v) is 7.84. The van der Waals surface area contributed by atoms with E-state index in [-0.39, 0.29) is 16.4 Å². The van der Waals surface area contributed by atoms with Crippen LogP contribution in [0.25, 0.3) is 0 Å². The zero-order valence-electron chi connectivity index (χ0n) is 13.0. The van der Waals surface area contributed by atoms with E-state index in [2.05, 4.69) is 5.32 Å². The Morgan fingerprint density at radius 3 is 2.68 bits per heavy atom. The number of hydrogen-bond acceptors (Lipinski definition) is 4. The van der Waals surface area contributed by atoms with Gasteiger partial charge < -0.3 is 15.8 Å². The van der Waals surface area contributed by atoms with E-state index in [9.17, 15) is 9.18 Å². The van der Waals surface area contributed by atoms with Crippen LogP contribution in [0, 0.1) is 30.0 Å². The normalized spacial score (nSPS) is 11.3. The molecule has 0 radical (unpaired) electrons. The number of thiocarbonyl (C=S) groups is 1. The van der Waals surface area contributed by atoms with E-state index in [0.29, 0.717) is 10.8 Å². The molecule has 8 heteroatoms. The Bertz CT molecular complexity index is 883. The molecule has 0 spiro atoms. The van der Waals surface area contributed by atoms with E-state index < -0.39 is 17.6 Å². The van der Waals surface area contributed by atoms with Crippen LogP contribution in [0.1, 0.15) is 5.56 Å². The number of hydrogen-bond donors (Lipinski definition) is 2. The van der Waals surface area contributed by atoms with Crippen molar-refractivity contribution in [3.8, 4) is 17.6 Å². The average molecular weight is 378 g/mol. The number of carbonyl (C=O) groups excluding carboxylic acids is 1. The number of nitriles is 1. The molecule has 1 unspecified atom stereocenters. The molecule has 0 heterocycles. The summed E-state index contributed by atoms with van der Waals surface area (Å²) in [4.78, 5) is 11.0. The first-order chi connectivity index (χ1) is 11.8. The van der Waals surface area contributed by atoms with E-state index in [1.54, 1.807) is 24.3 Å². The molecule has 2 rings (SSSR count). The van der Waals surface area contributed by atoms with Crippen LogP contribution in [0.3, 0.4) is 0 Å². The van der Waals surface area contributed by atoms with Crippen molar-refractivity contribution >= 4 is 40.4 Å². The number of nitrogens with one attached hydrogen (secondary N) is 1. The van der Waals surface area contributed by atoms with Gasteiger partial charge in [-0.1, -0.05) is 29.9 Å². The van der Waals surface area contributed by atoms with E-state index in [1.165, 1.54) is 12.1 Å². The maximum atomic E-state index is 14.3. The van der Waals surface area contributed by atoms with Crippen molar-refractivity contribution < 1.29 is 13.9 Å². The predicted octanol–water partition coefficient (Wildman–Crippen LogP) is 3.94. The summed E-state index contributed by atoms with van der Waals surface area (Å²) < 4.78 is 19.8. The first-order valence-electron chi connectivity index (χ1n) is 7.05. The molecular weight excluding hydrogens is 365 g/mol. The lowest BCUT2D eigenvalue weighted by Crippen LogP contribution is -2.32.